The minimum Gasteiger partial charge on any atom is -0.479 e. The van der Waals surface area contributed by atoms with Crippen molar-refractivity contribution in [3.8, 4) is 17.2 Å². The summed E-state index contributed by atoms with van der Waals surface area (Å²) >= 11 is 3.38. The molecule has 2 fully saturated rings. The Morgan fingerprint density at radius 1 is 0.478 bits per heavy atom. The molecule has 4 aromatic carbocycles. The zero-order valence-corrected chi connectivity index (χ0v) is 82.6. The number of aliphatic carboxylic acids is 1. The second-order valence-electron chi connectivity index (χ2n) is 34.3. The zero-order valence-electron chi connectivity index (χ0n) is 81.0. The number of rotatable bonds is 22. The van der Waals surface area contributed by atoms with Gasteiger partial charge in [0.25, 0.3) is 41.4 Å². The van der Waals surface area contributed by atoms with Crippen molar-refractivity contribution in [2.45, 2.75) is 147 Å². The number of carbonyl (C=O) groups is 15. The predicted octanol–water partition coefficient (Wildman–Crippen LogP) is 0.985. The average Bonchev–Trinajstić information content (AvgIpc) is 1.62. The van der Waals surface area contributed by atoms with E-state index in [1.807, 2.05) is 0 Å². The fraction of sp³-hybridized carbons (Fsp3) is 0.567. The number of fused-ring (bicyclic) bond motifs is 3. The van der Waals surface area contributed by atoms with Gasteiger partial charge in [-0.15, -0.1) is 0 Å². The highest BCUT2D eigenvalue weighted by atomic mass is 79.9. The Morgan fingerprint density at radius 3 is 1.18 bits per heavy atom. The molecule has 0 spiro atoms. The van der Waals surface area contributed by atoms with Crippen LogP contribution in [0.2, 0.25) is 0 Å². The Labute approximate surface area is 799 Å². The third-order valence-electron chi connectivity index (χ3n) is 19.8. The minimum absolute atomic E-state index is 0.00773. The van der Waals surface area contributed by atoms with Crippen LogP contribution in [-0.4, -0.2) is 391 Å². The van der Waals surface area contributed by atoms with Gasteiger partial charge in [-0.1, -0.05) is 40.2 Å². The predicted molar refractivity (Wildman–Crippen MR) is 493 cm³/mol. The molecule has 13 N–H and O–H groups in total. The maximum absolute atomic E-state index is 13.1. The number of nitrogens with zero attached hydrogens (tertiary/aromatic N) is 8. The van der Waals surface area contributed by atoms with Gasteiger partial charge in [-0.05, 0) is 121 Å². The molecule has 5 heterocycles. The summed E-state index contributed by atoms with van der Waals surface area (Å²) < 4.78 is 52.9. The van der Waals surface area contributed by atoms with Gasteiger partial charge in [-0.3, -0.25) is 48.4 Å². The van der Waals surface area contributed by atoms with Gasteiger partial charge in [0, 0.05) is 195 Å². The van der Waals surface area contributed by atoms with E-state index in [9.17, 15) is 82.1 Å². The number of nitrogens with two attached hydrogens (primary N) is 1. The number of esters is 3. The number of hydroxylamine groups is 1. The molecule has 0 bridgehead atoms. The van der Waals surface area contributed by atoms with Crippen LogP contribution in [0.15, 0.2) is 77.3 Å². The number of amides is 11. The summed E-state index contributed by atoms with van der Waals surface area (Å²) in [6.45, 7) is 14.5. The maximum Gasteiger partial charge on any atom is 0.407 e. The topological polar surface area (TPSA) is 582 Å². The van der Waals surface area contributed by atoms with Crippen molar-refractivity contribution in [1.29, 1.82) is 0 Å². The quantitative estimate of drug-likeness (QED) is 0.0226. The van der Waals surface area contributed by atoms with Crippen molar-refractivity contribution >= 4 is 105 Å². The Morgan fingerprint density at radius 2 is 0.824 bits per heavy atom. The van der Waals surface area contributed by atoms with Gasteiger partial charge in [0.05, 0.1) is 64.2 Å². The summed E-state index contributed by atoms with van der Waals surface area (Å²) in [5, 5.41) is 64.4. The van der Waals surface area contributed by atoms with Gasteiger partial charge in [-0.25, -0.2) is 34.2 Å². The van der Waals surface area contributed by atoms with Crippen molar-refractivity contribution in [2.24, 2.45) is 17.6 Å². The van der Waals surface area contributed by atoms with Crippen molar-refractivity contribution in [2.75, 3.05) is 178 Å². The number of hydrogen-bond donors (Lipinski definition) is 12. The van der Waals surface area contributed by atoms with E-state index in [4.69, 9.17) is 64.2 Å². The molecule has 4 aromatic rings. The molecule has 7 unspecified atom stereocenters. The van der Waals surface area contributed by atoms with Gasteiger partial charge in [-0.2, -0.15) is 0 Å². The van der Waals surface area contributed by atoms with E-state index in [1.165, 1.54) is 70.9 Å². The third-order valence-corrected chi connectivity index (χ3v) is 20.5. The smallest absolute Gasteiger partial charge is 0.407 e. The van der Waals surface area contributed by atoms with E-state index < -0.39 is 102 Å². The molecule has 45 nitrogen and oxygen atoms in total. The molecule has 46 heteroatoms. The van der Waals surface area contributed by atoms with Crippen LogP contribution in [-0.2, 0) is 102 Å². The Kier molecular flexibility index (Phi) is 50.2. The Hall–Kier alpha value is -12.0. The van der Waals surface area contributed by atoms with Crippen LogP contribution < -0.4 is 46.7 Å². The number of halogens is 1. The van der Waals surface area contributed by atoms with Crippen LogP contribution in [0.25, 0.3) is 0 Å². The number of alkyl carbamates (subject to hydrolysis) is 2. The highest BCUT2D eigenvalue weighted by molar-refractivity contribution is 9.10. The van der Waals surface area contributed by atoms with E-state index in [0.29, 0.717) is 118 Å². The van der Waals surface area contributed by atoms with Gasteiger partial charge in [0.2, 0.25) is 11.8 Å². The summed E-state index contributed by atoms with van der Waals surface area (Å²) in [5.74, 6) is -4.10. The first kappa shape index (κ1) is 118. The summed E-state index contributed by atoms with van der Waals surface area (Å²) in [4.78, 5) is 187. The largest absolute Gasteiger partial charge is 0.479 e. The maximum atomic E-state index is 13.1. The van der Waals surface area contributed by atoms with Crippen LogP contribution in [0.3, 0.4) is 0 Å². The zero-order chi connectivity index (χ0) is 103. The number of benzene rings is 4. The third kappa shape index (κ3) is 40.5. The van der Waals surface area contributed by atoms with Crippen LogP contribution in [0.5, 0.6) is 17.2 Å². The molecule has 758 valence electrons. The second kappa shape index (κ2) is 57.8. The molecule has 2 saturated heterocycles. The fourth-order valence-electron chi connectivity index (χ4n) is 12.5. The van der Waals surface area contributed by atoms with Crippen molar-refractivity contribution in [3.05, 3.63) is 122 Å². The monoisotopic (exact) mass is 1990 g/mol. The molecule has 0 aromatic heterocycles. The number of ether oxygens (including phenoxy) is 10. The number of carboxylic acid groups (broad SMARTS) is 1. The summed E-state index contributed by atoms with van der Waals surface area (Å²) in [6.07, 6.45) is -6.03. The van der Waals surface area contributed by atoms with Crippen LogP contribution in [0.1, 0.15) is 131 Å². The van der Waals surface area contributed by atoms with Gasteiger partial charge >= 0.3 is 36.1 Å². The molecule has 9 rings (SSSR count). The first-order valence-electron chi connectivity index (χ1n) is 43.0. The number of methoxy groups -OCH3 is 3. The molecule has 7 atom stereocenters. The van der Waals surface area contributed by atoms with E-state index in [1.54, 1.807) is 194 Å². The SMILES string of the molecule is CC(C)(C)OC(=O)NCC(O)C(=O)O.CN(C)C(=O)C(O)CN.CN(C)C(=O)C(O)CNC(=O)OC(C)(C)C.CN(C)C(=O)C1CN(C(=O)C2CCOCC2)Cc2ccc(C(=O)NO)cc2O1.COC(=O)c1ccc(CNCC(O)C(=O)N(C)C)c(Br)c1.COC(=O)c1ccc2c(c1)OC(C(=O)N(C)C)CN(C(=O)C1CCOCC1)C2.COC(=O)c1ccc2c(c1)OC(C(=O)N(C)C)CNC2. The lowest BCUT2D eigenvalue weighted by Crippen LogP contribution is -2.47. The summed E-state index contributed by atoms with van der Waals surface area (Å²) in [6, 6.07) is 19.9. The normalized spacial score (nSPS) is 16.3. The number of likely N-dealkylation sites (N-methyl/N-ethyl adjacent to an activating group) is 6. The minimum atomic E-state index is -1.61. The number of nitrogens with one attached hydrogen (secondary N) is 5. The molecule has 0 aliphatic carbocycles. The molecule has 0 radical (unpaired) electrons. The number of hydrogen-bond acceptors (Lipinski definition) is 33. The van der Waals surface area contributed by atoms with E-state index in [2.05, 4.69) is 46.7 Å². The van der Waals surface area contributed by atoms with Gasteiger partial charge in [0.15, 0.2) is 24.4 Å². The Bertz CT molecular complexity index is 4540. The average molecular weight is 1990 g/mol. The van der Waals surface area contributed by atoms with Crippen LogP contribution in [0, 0.1) is 11.8 Å². The summed E-state index contributed by atoms with van der Waals surface area (Å²) in [7, 11) is 23.2. The lowest BCUT2D eigenvalue weighted by Gasteiger charge is -2.30. The highest BCUT2D eigenvalue weighted by Gasteiger charge is 2.39. The lowest BCUT2D eigenvalue weighted by molar-refractivity contribution is -0.146. The number of aliphatic hydroxyl groups is 4. The number of carboxylic acids is 1. The molecule has 5 aliphatic rings. The van der Waals surface area contributed by atoms with Crippen molar-refractivity contribution in [3.63, 3.8) is 0 Å². The van der Waals surface area contributed by atoms with E-state index in [-0.39, 0.29) is 105 Å². The first-order valence-corrected chi connectivity index (χ1v) is 43.8. The van der Waals surface area contributed by atoms with Gasteiger partial charge < -0.3 is 139 Å². The molecule has 0 saturated carbocycles. The van der Waals surface area contributed by atoms with Crippen LogP contribution >= 0.6 is 15.9 Å². The number of carbonyl (C=O) groups excluding carboxylic acids is 14. The molecule has 5 aliphatic heterocycles. The Balaban J connectivity index is 0.000000419. The van der Waals surface area contributed by atoms with Crippen LogP contribution in [0.4, 0.5) is 9.59 Å². The number of aliphatic hydroxyl groups excluding tert-OH is 4. The fourth-order valence-corrected chi connectivity index (χ4v) is 13.0. The van der Waals surface area contributed by atoms with Gasteiger partial charge in [0.1, 0.15) is 46.8 Å². The molecular formula is C90H135BrN14O31. The molecular weight excluding hydrogens is 1850 g/mol. The van der Waals surface area contributed by atoms with Crippen molar-refractivity contribution in [1.82, 2.24) is 65.9 Å². The second-order valence-corrected chi connectivity index (χ2v) is 35.1. The highest BCUT2D eigenvalue weighted by Crippen LogP contribution is 2.33. The molecule has 11 amide bonds. The van der Waals surface area contributed by atoms with E-state index in [0.717, 1.165) is 21.2 Å². The lowest BCUT2D eigenvalue weighted by atomic mass is 9.98. The molecule has 136 heavy (non-hydrogen) atoms. The summed E-state index contributed by atoms with van der Waals surface area (Å²) in [5.41, 5.74) is 10.0. The van der Waals surface area contributed by atoms with Crippen molar-refractivity contribution < 1.29 is 150 Å². The standard InChI is InChI=1S/C20H26N2O6.C19H25N3O6.C14H19BrN2O4.C14H18N2O4.C10H20N2O4.C8H15NO5.C5H12N2O2/c1-21(2)19(24)17-12-22(18(23)13-6-8-27-9-7-13)11-15-5-4-14(20(25)26-3)10-16(15)28-17;1-21(2)19(25)16-11-22(18(24)12-5-7-27-8-6-12)10-14-4-3-13(17(23)20-26)9-15(14)28-16;1-17(2)13(19)12(18)8-16-7-10-5-4-9(6-11(10)15)14(20)21-3;1-16(2)13(17)12-8-15-7-10-5-4-9(14(18)19-3)6-11(10)20-12;1-10(2,3)16-9(15)11-6-7(13)8(14)12(4)5;1-8(2,3)14-7(13)9-4-5(10)6(11)12;1-7(2)5(9)4(8)3-6/h4-5,10,13,17H,6-9,11-12H2,1-3H3;3-4,9,12,16,26H,5-8,10-11H2,1-2H3,(H,20,23);4-6,12,16,18H,7-8H2,1-3H3;4-6,12,15H,7-8H2,1-3H3;7,13H,6H2,1-5H3,(H,11,15);5,10H,4H2,1-3H3,(H,9,13)(H,11,12);4,8H,3,6H2,1-2H3. The van der Waals surface area contributed by atoms with E-state index >= 15 is 0 Å². The first-order chi connectivity index (χ1) is 63.6.